The number of likely N-dealkylation sites (N-methyl/N-ethyl adjacent to an activating group) is 1. The Bertz CT molecular complexity index is 381. The molecule has 4 nitrogen and oxygen atoms in total. The molecule has 0 radical (unpaired) electrons. The minimum Gasteiger partial charge on any atom is -0.350 e. The molecule has 0 saturated carbocycles. The highest BCUT2D eigenvalue weighted by atomic mass is 32.1. The predicted octanol–water partition coefficient (Wildman–Crippen LogP) is 1.78. The summed E-state index contributed by atoms with van der Waals surface area (Å²) in [5.41, 5.74) is 0.00145. The standard InChI is InChI=1S/C12H21N3OS/c1-8(13-5)6-14-10(16)9-7-15-11(17-9)12(2,3)4/h7-8,13H,6H2,1-5H3,(H,14,16). The highest BCUT2D eigenvalue weighted by Crippen LogP contribution is 2.26. The Balaban J connectivity index is 2.61. The first-order valence-electron chi connectivity index (χ1n) is 5.76. The minimum absolute atomic E-state index is 0.00145. The van der Waals surface area contributed by atoms with Gasteiger partial charge in [0, 0.05) is 18.0 Å². The summed E-state index contributed by atoms with van der Waals surface area (Å²) in [7, 11) is 1.88. The molecule has 1 aromatic rings. The third kappa shape index (κ3) is 4.09. The smallest absolute Gasteiger partial charge is 0.263 e. The number of hydrogen-bond donors (Lipinski definition) is 2. The van der Waals surface area contributed by atoms with Crippen molar-refractivity contribution in [3.8, 4) is 0 Å². The number of nitrogens with one attached hydrogen (secondary N) is 2. The van der Waals surface area contributed by atoms with Gasteiger partial charge in [0.1, 0.15) is 4.88 Å². The van der Waals surface area contributed by atoms with Crippen LogP contribution in [0.25, 0.3) is 0 Å². The molecule has 0 fully saturated rings. The maximum Gasteiger partial charge on any atom is 0.263 e. The Morgan fingerprint density at radius 3 is 2.65 bits per heavy atom. The molecule has 0 spiro atoms. The molecule has 0 saturated heterocycles. The molecule has 5 heteroatoms. The van der Waals surface area contributed by atoms with Crippen LogP contribution in [0.1, 0.15) is 42.4 Å². The number of aromatic nitrogens is 1. The number of rotatable bonds is 4. The molecule has 0 aliphatic carbocycles. The first-order chi connectivity index (χ1) is 7.84. The van der Waals surface area contributed by atoms with Crippen LogP contribution in [0.3, 0.4) is 0 Å². The number of nitrogens with zero attached hydrogens (tertiary/aromatic N) is 1. The lowest BCUT2D eigenvalue weighted by atomic mass is 9.98. The second kappa shape index (κ2) is 5.60. The Kier molecular flexibility index (Phi) is 4.65. The van der Waals surface area contributed by atoms with Crippen LogP contribution < -0.4 is 10.6 Å². The molecule has 2 N–H and O–H groups in total. The molecule has 17 heavy (non-hydrogen) atoms. The summed E-state index contributed by atoms with van der Waals surface area (Å²) >= 11 is 1.46. The van der Waals surface area contributed by atoms with E-state index in [1.807, 2.05) is 14.0 Å². The molecule has 0 bridgehead atoms. The number of carbonyl (C=O) groups excluding carboxylic acids is 1. The lowest BCUT2D eigenvalue weighted by Gasteiger charge is -2.13. The van der Waals surface area contributed by atoms with Crippen LogP contribution in [0.4, 0.5) is 0 Å². The van der Waals surface area contributed by atoms with Crippen molar-refractivity contribution in [3.63, 3.8) is 0 Å². The molecular formula is C12H21N3OS. The highest BCUT2D eigenvalue weighted by Gasteiger charge is 2.20. The van der Waals surface area contributed by atoms with Gasteiger partial charge in [0.05, 0.1) is 11.2 Å². The van der Waals surface area contributed by atoms with E-state index >= 15 is 0 Å². The van der Waals surface area contributed by atoms with E-state index in [1.165, 1.54) is 11.3 Å². The van der Waals surface area contributed by atoms with Crippen molar-refractivity contribution in [1.29, 1.82) is 0 Å². The Labute approximate surface area is 107 Å². The van der Waals surface area contributed by atoms with Gasteiger partial charge in [-0.2, -0.15) is 0 Å². The van der Waals surface area contributed by atoms with Crippen LogP contribution >= 0.6 is 11.3 Å². The van der Waals surface area contributed by atoms with Crippen LogP contribution in [0, 0.1) is 0 Å². The summed E-state index contributed by atoms with van der Waals surface area (Å²) in [6, 6.07) is 0.272. The van der Waals surface area contributed by atoms with E-state index in [2.05, 4.69) is 36.4 Å². The largest absolute Gasteiger partial charge is 0.350 e. The summed E-state index contributed by atoms with van der Waals surface area (Å²) in [6.45, 7) is 8.93. The zero-order valence-corrected chi connectivity index (χ0v) is 11.9. The molecule has 1 amide bonds. The van der Waals surface area contributed by atoms with Crippen LogP contribution in [-0.4, -0.2) is 30.5 Å². The number of thiazole rings is 1. The first kappa shape index (κ1) is 14.1. The molecule has 1 atom stereocenters. The van der Waals surface area contributed by atoms with Crippen molar-refractivity contribution in [2.75, 3.05) is 13.6 Å². The third-order valence-corrected chi connectivity index (χ3v) is 3.85. The second-order valence-electron chi connectivity index (χ2n) is 5.18. The van der Waals surface area contributed by atoms with Crippen LogP contribution in [-0.2, 0) is 5.41 Å². The van der Waals surface area contributed by atoms with Crippen LogP contribution in [0.5, 0.6) is 0 Å². The summed E-state index contributed by atoms with van der Waals surface area (Å²) in [6.07, 6.45) is 1.66. The van der Waals surface area contributed by atoms with Crippen LogP contribution in [0.2, 0.25) is 0 Å². The first-order valence-corrected chi connectivity index (χ1v) is 6.58. The molecule has 1 heterocycles. The Hall–Kier alpha value is -0.940. The summed E-state index contributed by atoms with van der Waals surface area (Å²) < 4.78 is 0. The lowest BCUT2D eigenvalue weighted by Crippen LogP contribution is -2.36. The number of hydrogen-bond acceptors (Lipinski definition) is 4. The number of amides is 1. The Morgan fingerprint density at radius 2 is 2.18 bits per heavy atom. The summed E-state index contributed by atoms with van der Waals surface area (Å²) in [4.78, 5) is 16.8. The number of carbonyl (C=O) groups is 1. The van der Waals surface area contributed by atoms with Gasteiger partial charge in [-0.05, 0) is 14.0 Å². The fraction of sp³-hybridized carbons (Fsp3) is 0.667. The van der Waals surface area contributed by atoms with E-state index < -0.39 is 0 Å². The maximum absolute atomic E-state index is 11.8. The van der Waals surface area contributed by atoms with Gasteiger partial charge in [-0.25, -0.2) is 4.98 Å². The Morgan fingerprint density at radius 1 is 1.53 bits per heavy atom. The van der Waals surface area contributed by atoms with Gasteiger partial charge in [-0.3, -0.25) is 4.79 Å². The van der Waals surface area contributed by atoms with Crippen molar-refractivity contribution < 1.29 is 4.79 Å². The van der Waals surface area contributed by atoms with Crippen molar-refractivity contribution in [3.05, 3.63) is 16.1 Å². The quantitative estimate of drug-likeness (QED) is 0.862. The average Bonchev–Trinajstić information content (AvgIpc) is 2.74. The molecule has 0 aliphatic heterocycles. The monoisotopic (exact) mass is 255 g/mol. The maximum atomic E-state index is 11.8. The van der Waals surface area contributed by atoms with E-state index in [0.29, 0.717) is 11.4 Å². The topological polar surface area (TPSA) is 54.0 Å². The van der Waals surface area contributed by atoms with Gasteiger partial charge in [-0.15, -0.1) is 11.3 Å². The van der Waals surface area contributed by atoms with Gasteiger partial charge in [-0.1, -0.05) is 20.8 Å². The van der Waals surface area contributed by atoms with Crippen molar-refractivity contribution >= 4 is 17.2 Å². The third-order valence-electron chi connectivity index (χ3n) is 2.43. The van der Waals surface area contributed by atoms with E-state index in [1.54, 1.807) is 6.20 Å². The zero-order chi connectivity index (χ0) is 13.1. The SMILES string of the molecule is CNC(C)CNC(=O)c1cnc(C(C)(C)C)s1. The fourth-order valence-corrected chi connectivity index (χ4v) is 2.05. The van der Waals surface area contributed by atoms with Gasteiger partial charge in [0.15, 0.2) is 0 Å². The van der Waals surface area contributed by atoms with E-state index in [-0.39, 0.29) is 17.4 Å². The second-order valence-corrected chi connectivity index (χ2v) is 6.21. The van der Waals surface area contributed by atoms with E-state index in [4.69, 9.17) is 0 Å². The normalized spacial score (nSPS) is 13.5. The van der Waals surface area contributed by atoms with Crippen molar-refractivity contribution in [2.24, 2.45) is 0 Å². The van der Waals surface area contributed by atoms with Gasteiger partial charge >= 0.3 is 0 Å². The lowest BCUT2D eigenvalue weighted by molar-refractivity contribution is 0.0954. The minimum atomic E-state index is -0.0416. The molecule has 0 aliphatic rings. The van der Waals surface area contributed by atoms with Gasteiger partial charge in [0.25, 0.3) is 5.91 Å². The predicted molar refractivity (Wildman–Crippen MR) is 71.7 cm³/mol. The average molecular weight is 255 g/mol. The summed E-state index contributed by atoms with van der Waals surface area (Å²) in [5, 5.41) is 6.95. The molecule has 96 valence electrons. The highest BCUT2D eigenvalue weighted by molar-refractivity contribution is 7.13. The van der Waals surface area contributed by atoms with Crippen LogP contribution in [0.15, 0.2) is 6.20 Å². The molecule has 1 aromatic heterocycles. The zero-order valence-electron chi connectivity index (χ0n) is 11.1. The van der Waals surface area contributed by atoms with E-state index in [9.17, 15) is 4.79 Å². The summed E-state index contributed by atoms with van der Waals surface area (Å²) in [5.74, 6) is -0.0416. The molecule has 1 unspecified atom stereocenters. The molecule has 0 aromatic carbocycles. The molecule has 1 rings (SSSR count). The van der Waals surface area contributed by atoms with E-state index in [0.717, 1.165) is 5.01 Å². The fourth-order valence-electron chi connectivity index (χ4n) is 1.16. The van der Waals surface area contributed by atoms with Gasteiger partial charge < -0.3 is 10.6 Å². The van der Waals surface area contributed by atoms with Crippen molar-refractivity contribution in [2.45, 2.75) is 39.2 Å². The molecular weight excluding hydrogens is 234 g/mol. The van der Waals surface area contributed by atoms with Gasteiger partial charge in [0.2, 0.25) is 0 Å². The van der Waals surface area contributed by atoms with Crippen molar-refractivity contribution in [1.82, 2.24) is 15.6 Å².